The van der Waals surface area contributed by atoms with Gasteiger partial charge in [0.1, 0.15) is 5.65 Å². The molecule has 180 valence electrons. The summed E-state index contributed by atoms with van der Waals surface area (Å²) in [5.74, 6) is 0.694. The van der Waals surface area contributed by atoms with Crippen molar-refractivity contribution in [2.24, 2.45) is 0 Å². The largest absolute Gasteiger partial charge is 0.294 e. The molecular weight excluding hydrogens is 532 g/mol. The Bertz CT molecular complexity index is 1850. The lowest BCUT2D eigenvalue weighted by Crippen LogP contribution is -1.98. The van der Waals surface area contributed by atoms with Crippen molar-refractivity contribution < 1.29 is 0 Å². The molecular formula is C33H21BrN4. The van der Waals surface area contributed by atoms with E-state index in [9.17, 15) is 0 Å². The van der Waals surface area contributed by atoms with Crippen molar-refractivity contribution in [2.45, 2.75) is 0 Å². The highest BCUT2D eigenvalue weighted by Crippen LogP contribution is 2.33. The third-order valence-electron chi connectivity index (χ3n) is 6.74. The number of nitrogens with zero attached hydrogens (tertiary/aromatic N) is 4. The maximum absolute atomic E-state index is 4.97. The van der Waals surface area contributed by atoms with Gasteiger partial charge in [-0.05, 0) is 54.6 Å². The minimum Gasteiger partial charge on any atom is -0.294 e. The van der Waals surface area contributed by atoms with Gasteiger partial charge in [-0.25, -0.2) is 15.0 Å². The van der Waals surface area contributed by atoms with Crippen LogP contribution in [-0.4, -0.2) is 19.5 Å². The number of rotatable bonds is 4. The molecule has 0 aliphatic carbocycles. The summed E-state index contributed by atoms with van der Waals surface area (Å²) in [4.78, 5) is 14.7. The molecule has 0 radical (unpaired) electrons. The topological polar surface area (TPSA) is 43.6 Å². The highest BCUT2D eigenvalue weighted by molar-refractivity contribution is 9.10. The van der Waals surface area contributed by atoms with Crippen LogP contribution in [0.3, 0.4) is 0 Å². The van der Waals surface area contributed by atoms with Crippen molar-refractivity contribution in [1.29, 1.82) is 0 Å². The van der Waals surface area contributed by atoms with Crippen molar-refractivity contribution in [3.63, 3.8) is 0 Å². The normalized spacial score (nSPS) is 11.3. The summed E-state index contributed by atoms with van der Waals surface area (Å²) in [6.45, 7) is 0. The third-order valence-corrected chi connectivity index (χ3v) is 7.23. The molecule has 38 heavy (non-hydrogen) atoms. The van der Waals surface area contributed by atoms with Crippen LogP contribution in [-0.2, 0) is 0 Å². The standard InChI is InChI=1S/C33H21BrN4/c34-25-15-18-27-28-12-7-19-35-33(28)38(31(27)20-25)26-16-13-24(14-17-26)32-36-29(22-8-3-1-4-9-22)21-30(37-32)23-10-5-2-6-11-23/h1-21H. The summed E-state index contributed by atoms with van der Waals surface area (Å²) in [6.07, 6.45) is 1.84. The second-order valence-electron chi connectivity index (χ2n) is 9.11. The van der Waals surface area contributed by atoms with Crippen LogP contribution in [0.5, 0.6) is 0 Å². The summed E-state index contributed by atoms with van der Waals surface area (Å²) in [5, 5.41) is 2.30. The number of fused-ring (bicyclic) bond motifs is 3. The molecule has 0 saturated heterocycles. The first kappa shape index (κ1) is 22.6. The molecule has 0 spiro atoms. The average molecular weight is 553 g/mol. The van der Waals surface area contributed by atoms with Gasteiger partial charge in [-0.1, -0.05) is 82.7 Å². The molecule has 7 rings (SSSR count). The van der Waals surface area contributed by atoms with E-state index in [2.05, 4.69) is 99.4 Å². The van der Waals surface area contributed by atoms with Gasteiger partial charge in [0.25, 0.3) is 0 Å². The molecule has 5 heteroatoms. The van der Waals surface area contributed by atoms with Crippen molar-refractivity contribution in [3.05, 3.63) is 132 Å². The molecule has 0 saturated carbocycles. The Morgan fingerprint density at radius 2 is 1.21 bits per heavy atom. The van der Waals surface area contributed by atoms with E-state index < -0.39 is 0 Å². The number of pyridine rings is 1. The van der Waals surface area contributed by atoms with E-state index in [0.717, 1.165) is 54.8 Å². The summed E-state index contributed by atoms with van der Waals surface area (Å²) in [6, 6.07) is 41.4. The zero-order valence-corrected chi connectivity index (χ0v) is 21.9. The first-order valence-electron chi connectivity index (χ1n) is 12.4. The van der Waals surface area contributed by atoms with Gasteiger partial charge >= 0.3 is 0 Å². The van der Waals surface area contributed by atoms with E-state index in [1.54, 1.807) is 0 Å². The van der Waals surface area contributed by atoms with Gasteiger partial charge in [-0.2, -0.15) is 0 Å². The molecule has 0 amide bonds. The van der Waals surface area contributed by atoms with Gasteiger partial charge < -0.3 is 0 Å². The van der Waals surface area contributed by atoms with Crippen LogP contribution >= 0.6 is 15.9 Å². The van der Waals surface area contributed by atoms with E-state index in [0.29, 0.717) is 5.82 Å². The predicted molar refractivity (Wildman–Crippen MR) is 158 cm³/mol. The number of benzene rings is 4. The lowest BCUT2D eigenvalue weighted by atomic mass is 10.1. The quantitative estimate of drug-likeness (QED) is 0.219. The van der Waals surface area contributed by atoms with Crippen molar-refractivity contribution in [3.8, 4) is 39.6 Å². The zero-order valence-electron chi connectivity index (χ0n) is 20.3. The molecule has 4 nitrogen and oxygen atoms in total. The minimum absolute atomic E-state index is 0.694. The molecule has 4 aromatic carbocycles. The van der Waals surface area contributed by atoms with Gasteiger partial charge in [-0.3, -0.25) is 4.57 Å². The lowest BCUT2D eigenvalue weighted by molar-refractivity contribution is 1.13. The van der Waals surface area contributed by atoms with E-state index in [1.807, 2.05) is 48.7 Å². The molecule has 0 atom stereocenters. The van der Waals surface area contributed by atoms with Crippen LogP contribution in [0.15, 0.2) is 132 Å². The third kappa shape index (κ3) is 3.98. The monoisotopic (exact) mass is 552 g/mol. The maximum Gasteiger partial charge on any atom is 0.160 e. The maximum atomic E-state index is 4.97. The lowest BCUT2D eigenvalue weighted by Gasteiger charge is -2.11. The van der Waals surface area contributed by atoms with E-state index in [1.165, 1.54) is 5.39 Å². The Balaban J connectivity index is 1.37. The second kappa shape index (κ2) is 9.36. The second-order valence-corrected chi connectivity index (χ2v) is 10.0. The highest BCUT2D eigenvalue weighted by Gasteiger charge is 2.15. The fourth-order valence-electron chi connectivity index (χ4n) is 4.93. The van der Waals surface area contributed by atoms with Gasteiger partial charge in [0, 0.05) is 43.8 Å². The number of halogens is 1. The fraction of sp³-hybridized carbons (Fsp3) is 0. The molecule has 3 aromatic heterocycles. The molecule has 0 unspecified atom stereocenters. The Hall–Kier alpha value is -4.61. The molecule has 0 fully saturated rings. The Morgan fingerprint density at radius 1 is 0.553 bits per heavy atom. The number of hydrogen-bond acceptors (Lipinski definition) is 3. The first-order chi connectivity index (χ1) is 18.7. The predicted octanol–water partition coefficient (Wildman–Crippen LogP) is 8.73. The highest BCUT2D eigenvalue weighted by atomic mass is 79.9. The summed E-state index contributed by atoms with van der Waals surface area (Å²) in [7, 11) is 0. The minimum atomic E-state index is 0.694. The Kier molecular flexibility index (Phi) is 5.56. The van der Waals surface area contributed by atoms with E-state index in [4.69, 9.17) is 15.0 Å². The van der Waals surface area contributed by atoms with Gasteiger partial charge in [0.2, 0.25) is 0 Å². The molecule has 0 bridgehead atoms. The molecule has 7 aromatic rings. The van der Waals surface area contributed by atoms with Crippen molar-refractivity contribution in [2.75, 3.05) is 0 Å². The summed E-state index contributed by atoms with van der Waals surface area (Å²) in [5.41, 5.74) is 7.95. The number of aromatic nitrogens is 4. The van der Waals surface area contributed by atoms with Gasteiger partial charge in [0.15, 0.2) is 5.82 Å². The molecule has 0 aliphatic heterocycles. The summed E-state index contributed by atoms with van der Waals surface area (Å²) >= 11 is 3.64. The van der Waals surface area contributed by atoms with E-state index in [-0.39, 0.29) is 0 Å². The summed E-state index contributed by atoms with van der Waals surface area (Å²) < 4.78 is 3.24. The van der Waals surface area contributed by atoms with E-state index >= 15 is 0 Å². The Labute approximate surface area is 228 Å². The van der Waals surface area contributed by atoms with Gasteiger partial charge in [0.05, 0.1) is 16.9 Å². The first-order valence-corrected chi connectivity index (χ1v) is 13.2. The molecule has 3 heterocycles. The number of hydrogen-bond donors (Lipinski definition) is 0. The van der Waals surface area contributed by atoms with Crippen LogP contribution in [0, 0.1) is 0 Å². The fourth-order valence-corrected chi connectivity index (χ4v) is 5.28. The van der Waals surface area contributed by atoms with Gasteiger partial charge in [-0.15, -0.1) is 0 Å². The van der Waals surface area contributed by atoms with Crippen LogP contribution in [0.1, 0.15) is 0 Å². The average Bonchev–Trinajstić information content (AvgIpc) is 3.31. The molecule has 0 N–H and O–H groups in total. The van der Waals surface area contributed by atoms with Crippen LogP contribution in [0.4, 0.5) is 0 Å². The van der Waals surface area contributed by atoms with Crippen molar-refractivity contribution in [1.82, 2.24) is 19.5 Å². The van der Waals surface area contributed by atoms with Crippen molar-refractivity contribution >= 4 is 37.9 Å². The zero-order chi connectivity index (χ0) is 25.5. The van der Waals surface area contributed by atoms with Crippen LogP contribution < -0.4 is 0 Å². The molecule has 0 aliphatic rings. The SMILES string of the molecule is Brc1ccc2c3cccnc3n(-c3ccc(-c4nc(-c5ccccc5)cc(-c5ccccc5)n4)cc3)c2c1. The van der Waals surface area contributed by atoms with Crippen LogP contribution in [0.25, 0.3) is 61.5 Å². The smallest absolute Gasteiger partial charge is 0.160 e. The van der Waals surface area contributed by atoms with Crippen LogP contribution in [0.2, 0.25) is 0 Å². The Morgan fingerprint density at radius 3 is 1.87 bits per heavy atom.